The van der Waals surface area contributed by atoms with Crippen LogP contribution in [0.4, 0.5) is 0 Å². The van der Waals surface area contributed by atoms with Gasteiger partial charge in [0.05, 0.1) is 0 Å². The van der Waals surface area contributed by atoms with Gasteiger partial charge in [-0.1, -0.05) is 44.2 Å². The highest BCUT2D eigenvalue weighted by Gasteiger charge is 2.60. The molecule has 1 aromatic rings. The molecule has 30 heavy (non-hydrogen) atoms. The molecular formula is C27H40O2Si. The van der Waals surface area contributed by atoms with E-state index < -0.39 is 8.32 Å². The number of carbonyl (C=O) groups excluding carboxylic acids is 1. The lowest BCUT2D eigenvalue weighted by molar-refractivity contribution is -0.141. The topological polar surface area (TPSA) is 26.3 Å². The van der Waals surface area contributed by atoms with E-state index in [4.69, 9.17) is 4.43 Å². The second kappa shape index (κ2) is 7.30. The number of Topliss-reactive ketones (excluding diaryl/α,β-unsaturated/α-hetero) is 1. The van der Waals surface area contributed by atoms with E-state index in [1.165, 1.54) is 50.1 Å². The van der Waals surface area contributed by atoms with Gasteiger partial charge in [-0.2, -0.15) is 0 Å². The molecule has 2 unspecified atom stereocenters. The van der Waals surface area contributed by atoms with Gasteiger partial charge in [0.1, 0.15) is 5.78 Å². The maximum absolute atomic E-state index is 12.6. The Labute approximate surface area is 184 Å². The highest BCUT2D eigenvalue weighted by molar-refractivity contribution is 6.84. The van der Waals surface area contributed by atoms with Crippen molar-refractivity contribution < 1.29 is 9.22 Å². The Hall–Kier alpha value is -0.933. The molecule has 0 heterocycles. The maximum Gasteiger partial charge on any atom is 0.218 e. The second-order valence-electron chi connectivity index (χ2n) is 12.0. The smallest absolute Gasteiger partial charge is 0.218 e. The Morgan fingerprint density at radius 2 is 1.70 bits per heavy atom. The van der Waals surface area contributed by atoms with Crippen molar-refractivity contribution in [2.24, 2.45) is 34.5 Å². The van der Waals surface area contributed by atoms with Crippen LogP contribution in [0.2, 0.25) is 13.1 Å². The molecule has 0 N–H and O–H groups in total. The van der Waals surface area contributed by atoms with Gasteiger partial charge >= 0.3 is 0 Å². The summed E-state index contributed by atoms with van der Waals surface area (Å²) >= 11 is 0. The summed E-state index contributed by atoms with van der Waals surface area (Å²) < 4.78 is 6.89. The standard InChI is InChI=1S/C27H40O2Si/c1-26-16-14-20(29-30(3,4)21-8-6-5-7-9-21)18-19(26)10-11-22-23-12-13-25(28)27(23,2)17-15-24(22)26/h5-9,19-20,22-24H,10-18H2,1-4H3/t19?,20?,22-,23-,24-,26-,27-/m0/s1. The first-order chi connectivity index (χ1) is 14.2. The number of hydrogen-bond acceptors (Lipinski definition) is 2. The van der Waals surface area contributed by atoms with Crippen molar-refractivity contribution in [3.63, 3.8) is 0 Å². The quantitative estimate of drug-likeness (QED) is 0.548. The van der Waals surface area contributed by atoms with E-state index in [0.717, 1.165) is 30.6 Å². The van der Waals surface area contributed by atoms with Gasteiger partial charge in [0.15, 0.2) is 0 Å². The maximum atomic E-state index is 12.6. The molecule has 4 fully saturated rings. The van der Waals surface area contributed by atoms with Gasteiger partial charge in [0, 0.05) is 17.9 Å². The Kier molecular flexibility index (Phi) is 5.10. The number of carbonyl (C=O) groups is 1. The highest BCUT2D eigenvalue weighted by Crippen LogP contribution is 2.65. The summed E-state index contributed by atoms with van der Waals surface area (Å²) in [7, 11) is -1.85. The second-order valence-corrected chi connectivity index (χ2v) is 15.8. The number of rotatable bonds is 3. The molecule has 0 amide bonds. The number of hydrogen-bond donors (Lipinski definition) is 0. The molecule has 3 heteroatoms. The van der Waals surface area contributed by atoms with Crippen molar-refractivity contribution >= 4 is 19.3 Å². The zero-order valence-corrected chi connectivity index (χ0v) is 20.5. The Balaban J connectivity index is 1.30. The highest BCUT2D eigenvalue weighted by atomic mass is 28.4. The Morgan fingerprint density at radius 1 is 0.933 bits per heavy atom. The molecule has 4 saturated carbocycles. The zero-order valence-electron chi connectivity index (χ0n) is 19.5. The van der Waals surface area contributed by atoms with Crippen molar-refractivity contribution in [3.8, 4) is 0 Å². The molecule has 0 saturated heterocycles. The normalized spacial score (nSPS) is 43.6. The van der Waals surface area contributed by atoms with Crippen LogP contribution in [0.1, 0.15) is 71.6 Å². The van der Waals surface area contributed by atoms with Crippen molar-refractivity contribution in [1.29, 1.82) is 0 Å². The van der Waals surface area contributed by atoms with Crippen LogP contribution in [-0.2, 0) is 9.22 Å². The van der Waals surface area contributed by atoms with Crippen LogP contribution in [0.3, 0.4) is 0 Å². The van der Waals surface area contributed by atoms with Crippen molar-refractivity contribution in [2.45, 2.75) is 90.8 Å². The molecule has 5 rings (SSSR count). The van der Waals surface area contributed by atoms with Crippen LogP contribution in [-0.4, -0.2) is 20.2 Å². The summed E-state index contributed by atoms with van der Waals surface area (Å²) in [4.78, 5) is 12.6. The summed E-state index contributed by atoms with van der Waals surface area (Å²) in [6.07, 6.45) is 11.4. The number of fused-ring (bicyclic) bond motifs is 5. The predicted octanol–water partition coefficient (Wildman–Crippen LogP) is 6.10. The third-order valence-electron chi connectivity index (χ3n) is 10.3. The van der Waals surface area contributed by atoms with E-state index in [1.54, 1.807) is 0 Å². The SMILES string of the molecule is C[C@]12CCC(O[Si](C)(C)c3ccccc3)CC1CC[C@@H]1[C@@H]2CC[C@]2(C)C(=O)CC[C@@H]12. The molecular weight excluding hydrogens is 384 g/mol. The fourth-order valence-corrected chi connectivity index (χ4v) is 10.6. The van der Waals surface area contributed by atoms with Crippen LogP contribution >= 0.6 is 0 Å². The molecule has 0 bridgehead atoms. The molecule has 2 nitrogen and oxygen atoms in total. The van der Waals surface area contributed by atoms with Crippen molar-refractivity contribution in [2.75, 3.05) is 0 Å². The van der Waals surface area contributed by atoms with Gasteiger partial charge in [-0.15, -0.1) is 0 Å². The average molecular weight is 425 g/mol. The molecule has 7 atom stereocenters. The fourth-order valence-electron chi connectivity index (χ4n) is 8.42. The molecule has 0 aliphatic heterocycles. The monoisotopic (exact) mass is 424 g/mol. The molecule has 0 radical (unpaired) electrons. The average Bonchev–Trinajstić information content (AvgIpc) is 3.03. The van der Waals surface area contributed by atoms with Gasteiger partial charge in [0.25, 0.3) is 0 Å². The van der Waals surface area contributed by atoms with Gasteiger partial charge in [-0.3, -0.25) is 4.79 Å². The summed E-state index contributed by atoms with van der Waals surface area (Å²) in [5.41, 5.74) is 0.476. The van der Waals surface area contributed by atoms with E-state index in [-0.39, 0.29) is 5.41 Å². The lowest BCUT2D eigenvalue weighted by Crippen LogP contribution is -2.55. The summed E-state index contributed by atoms with van der Waals surface area (Å²) in [5, 5.41) is 1.42. The minimum absolute atomic E-state index is 0.00991. The van der Waals surface area contributed by atoms with Gasteiger partial charge < -0.3 is 4.43 Å². The largest absolute Gasteiger partial charge is 0.410 e. The fraction of sp³-hybridized carbons (Fsp3) is 0.741. The summed E-state index contributed by atoms with van der Waals surface area (Å²) in [6.45, 7) is 9.65. The molecule has 1 aromatic carbocycles. The van der Waals surface area contributed by atoms with Crippen LogP contribution in [0.5, 0.6) is 0 Å². The van der Waals surface area contributed by atoms with E-state index in [2.05, 4.69) is 57.3 Å². The lowest BCUT2D eigenvalue weighted by atomic mass is 9.45. The first kappa shape index (κ1) is 20.9. The van der Waals surface area contributed by atoms with E-state index in [1.807, 2.05) is 0 Å². The first-order valence-corrected chi connectivity index (χ1v) is 15.4. The number of benzene rings is 1. The molecule has 4 aliphatic rings. The van der Waals surface area contributed by atoms with Crippen LogP contribution in [0.15, 0.2) is 30.3 Å². The van der Waals surface area contributed by atoms with Gasteiger partial charge in [-0.05, 0) is 98.7 Å². The molecule has 4 aliphatic carbocycles. The summed E-state index contributed by atoms with van der Waals surface area (Å²) in [5.74, 6) is 3.67. The van der Waals surface area contributed by atoms with E-state index >= 15 is 0 Å². The zero-order chi connectivity index (χ0) is 21.1. The molecule has 164 valence electrons. The minimum atomic E-state index is -1.85. The number of ketones is 1. The summed E-state index contributed by atoms with van der Waals surface area (Å²) in [6, 6.07) is 10.9. The van der Waals surface area contributed by atoms with Gasteiger partial charge in [0.2, 0.25) is 8.32 Å². The molecule has 0 spiro atoms. The van der Waals surface area contributed by atoms with Crippen LogP contribution in [0, 0.1) is 34.5 Å². The van der Waals surface area contributed by atoms with Crippen molar-refractivity contribution in [1.82, 2.24) is 0 Å². The Bertz CT molecular complexity index is 804. The first-order valence-electron chi connectivity index (χ1n) is 12.5. The Morgan fingerprint density at radius 3 is 2.47 bits per heavy atom. The van der Waals surface area contributed by atoms with Gasteiger partial charge in [-0.25, -0.2) is 0 Å². The van der Waals surface area contributed by atoms with Crippen LogP contribution < -0.4 is 5.19 Å². The van der Waals surface area contributed by atoms with Crippen molar-refractivity contribution in [3.05, 3.63) is 30.3 Å². The third-order valence-corrected chi connectivity index (χ3v) is 12.9. The third kappa shape index (κ3) is 3.18. The predicted molar refractivity (Wildman–Crippen MR) is 125 cm³/mol. The van der Waals surface area contributed by atoms with E-state index in [0.29, 0.717) is 23.2 Å². The van der Waals surface area contributed by atoms with E-state index in [9.17, 15) is 4.79 Å². The lowest BCUT2D eigenvalue weighted by Gasteiger charge is -2.60. The van der Waals surface area contributed by atoms with Crippen LogP contribution in [0.25, 0.3) is 0 Å². The molecule has 0 aromatic heterocycles. The minimum Gasteiger partial charge on any atom is -0.410 e.